The number of halogens is 1. The summed E-state index contributed by atoms with van der Waals surface area (Å²) in [6.07, 6.45) is -0.242. The van der Waals surface area contributed by atoms with Crippen LogP contribution in [0.5, 0.6) is 5.75 Å². The molecule has 150 valence electrons. The number of hydrogen-bond donors (Lipinski definition) is 4. The molecule has 1 saturated heterocycles. The molecular formula is C20H21ClO6S. The molecule has 0 amide bonds. The van der Waals surface area contributed by atoms with Gasteiger partial charge in [-0.05, 0) is 35.7 Å². The number of terminal acetylenes is 1. The van der Waals surface area contributed by atoms with Crippen LogP contribution in [0.25, 0.3) is 0 Å². The maximum Gasteiger partial charge on any atom is 0.148 e. The van der Waals surface area contributed by atoms with E-state index in [-0.39, 0.29) is 6.61 Å². The fourth-order valence-electron chi connectivity index (χ4n) is 3.07. The van der Waals surface area contributed by atoms with Crippen LogP contribution in [-0.2, 0) is 11.2 Å². The average molecular weight is 425 g/mol. The minimum Gasteiger partial charge on any atom is -0.481 e. The van der Waals surface area contributed by atoms with Crippen molar-refractivity contribution in [2.45, 2.75) is 36.9 Å². The van der Waals surface area contributed by atoms with Gasteiger partial charge in [0.05, 0.1) is 10.9 Å². The standard InChI is InChI=1S/C20H21ClO6S/c1-2-7-26-13-5-3-11(4-6-13)8-12-9-15(28-20(12)21)19-18(25)17(24)16(23)14(10-22)27-19/h1,3-6,9,14,16-19,22-25H,7-8,10H2/t14-,16-,17?,18-,19+/m1/s1. The molecule has 0 spiro atoms. The van der Waals surface area contributed by atoms with Crippen LogP contribution in [0.3, 0.4) is 0 Å². The van der Waals surface area contributed by atoms with E-state index >= 15 is 0 Å². The Morgan fingerprint density at radius 3 is 2.50 bits per heavy atom. The van der Waals surface area contributed by atoms with Gasteiger partial charge in [0.2, 0.25) is 0 Å². The Hall–Kier alpha value is -1.63. The molecule has 1 aromatic heterocycles. The lowest BCUT2D eigenvalue weighted by Gasteiger charge is -2.39. The average Bonchev–Trinajstić information content (AvgIpc) is 3.06. The van der Waals surface area contributed by atoms with Gasteiger partial charge in [-0.15, -0.1) is 17.8 Å². The number of ether oxygens (including phenoxy) is 2. The van der Waals surface area contributed by atoms with E-state index in [1.165, 1.54) is 11.3 Å². The number of hydrogen-bond acceptors (Lipinski definition) is 7. The Labute approximate surface area is 171 Å². The molecule has 2 heterocycles. The maximum atomic E-state index is 10.3. The van der Waals surface area contributed by atoms with Crippen molar-refractivity contribution in [3.05, 3.63) is 50.7 Å². The van der Waals surface area contributed by atoms with Crippen LogP contribution in [-0.4, -0.2) is 58.1 Å². The number of benzene rings is 1. The van der Waals surface area contributed by atoms with Crippen LogP contribution in [0.1, 0.15) is 22.1 Å². The summed E-state index contributed by atoms with van der Waals surface area (Å²) in [5, 5.41) is 39.5. The molecular weight excluding hydrogens is 404 g/mol. The van der Waals surface area contributed by atoms with Gasteiger partial charge in [0.1, 0.15) is 42.9 Å². The summed E-state index contributed by atoms with van der Waals surface area (Å²) in [5.41, 5.74) is 1.85. The molecule has 3 rings (SSSR count). The predicted octanol–water partition coefficient (Wildman–Crippen LogP) is 1.52. The van der Waals surface area contributed by atoms with E-state index in [4.69, 9.17) is 27.5 Å². The minimum atomic E-state index is -1.42. The summed E-state index contributed by atoms with van der Waals surface area (Å²) in [4.78, 5) is 0.617. The number of rotatable bonds is 6. The van der Waals surface area contributed by atoms with Gasteiger partial charge in [-0.25, -0.2) is 0 Å². The highest BCUT2D eigenvalue weighted by Gasteiger charge is 2.44. The van der Waals surface area contributed by atoms with Gasteiger partial charge in [0.25, 0.3) is 0 Å². The van der Waals surface area contributed by atoms with Crippen LogP contribution in [0.15, 0.2) is 30.3 Å². The Balaban J connectivity index is 1.75. The summed E-state index contributed by atoms with van der Waals surface area (Å²) in [5.74, 6) is 3.09. The van der Waals surface area contributed by atoms with Gasteiger partial charge in [-0.3, -0.25) is 0 Å². The Morgan fingerprint density at radius 1 is 1.14 bits per heavy atom. The van der Waals surface area contributed by atoms with Gasteiger partial charge >= 0.3 is 0 Å². The van der Waals surface area contributed by atoms with Crippen LogP contribution in [0, 0.1) is 12.3 Å². The van der Waals surface area contributed by atoms with Crippen molar-refractivity contribution in [2.75, 3.05) is 13.2 Å². The van der Waals surface area contributed by atoms with Crippen LogP contribution >= 0.6 is 22.9 Å². The molecule has 6 nitrogen and oxygen atoms in total. The van der Waals surface area contributed by atoms with Crippen molar-refractivity contribution >= 4 is 22.9 Å². The van der Waals surface area contributed by atoms with E-state index in [2.05, 4.69) is 5.92 Å². The first-order valence-corrected chi connectivity index (χ1v) is 9.88. The van der Waals surface area contributed by atoms with Gasteiger partial charge in [0.15, 0.2) is 0 Å². The zero-order valence-electron chi connectivity index (χ0n) is 14.9. The maximum absolute atomic E-state index is 10.3. The van der Waals surface area contributed by atoms with Crippen LogP contribution in [0.4, 0.5) is 0 Å². The summed E-state index contributed by atoms with van der Waals surface area (Å²) in [7, 11) is 0. The lowest BCUT2D eigenvalue weighted by Crippen LogP contribution is -2.55. The van der Waals surface area contributed by atoms with Crippen molar-refractivity contribution in [1.29, 1.82) is 0 Å². The summed E-state index contributed by atoms with van der Waals surface area (Å²) in [6, 6.07) is 9.28. The second kappa shape index (κ2) is 9.25. The molecule has 0 bridgehead atoms. The summed E-state index contributed by atoms with van der Waals surface area (Å²) in [6.45, 7) is -0.264. The summed E-state index contributed by atoms with van der Waals surface area (Å²) >= 11 is 7.60. The first-order valence-electron chi connectivity index (χ1n) is 8.68. The zero-order chi connectivity index (χ0) is 20.3. The largest absolute Gasteiger partial charge is 0.481 e. The van der Waals surface area contributed by atoms with Gasteiger partial charge in [-0.2, -0.15) is 0 Å². The molecule has 1 aromatic carbocycles. The molecule has 4 N–H and O–H groups in total. The molecule has 5 atom stereocenters. The highest BCUT2D eigenvalue weighted by Crippen LogP contribution is 2.39. The van der Waals surface area contributed by atoms with E-state index in [0.717, 1.165) is 11.1 Å². The van der Waals surface area contributed by atoms with E-state index in [0.29, 0.717) is 21.4 Å². The van der Waals surface area contributed by atoms with Crippen molar-refractivity contribution in [1.82, 2.24) is 0 Å². The van der Waals surface area contributed by atoms with Crippen LogP contribution in [0.2, 0.25) is 4.34 Å². The third kappa shape index (κ3) is 4.50. The smallest absolute Gasteiger partial charge is 0.148 e. The van der Waals surface area contributed by atoms with Crippen LogP contribution < -0.4 is 4.74 Å². The third-order valence-electron chi connectivity index (χ3n) is 4.59. The first kappa shape index (κ1) is 21.1. The number of thiophene rings is 1. The summed E-state index contributed by atoms with van der Waals surface area (Å²) < 4.78 is 11.5. The highest BCUT2D eigenvalue weighted by molar-refractivity contribution is 7.16. The van der Waals surface area contributed by atoms with Crippen molar-refractivity contribution in [3.8, 4) is 18.1 Å². The lowest BCUT2D eigenvalue weighted by molar-refractivity contribution is -0.230. The molecule has 8 heteroatoms. The van der Waals surface area contributed by atoms with Gasteiger partial charge < -0.3 is 29.9 Å². The molecule has 0 saturated carbocycles. The molecule has 0 aliphatic carbocycles. The van der Waals surface area contributed by atoms with E-state index in [1.54, 1.807) is 0 Å². The Bertz CT molecular complexity index is 828. The lowest BCUT2D eigenvalue weighted by atomic mass is 9.94. The number of aliphatic hydroxyl groups is 4. The molecule has 1 unspecified atom stereocenters. The second-order valence-electron chi connectivity index (χ2n) is 6.51. The van der Waals surface area contributed by atoms with E-state index in [1.807, 2.05) is 30.3 Å². The zero-order valence-corrected chi connectivity index (χ0v) is 16.4. The van der Waals surface area contributed by atoms with E-state index < -0.39 is 37.1 Å². The van der Waals surface area contributed by atoms with E-state index in [9.17, 15) is 20.4 Å². The normalized spacial score (nSPS) is 27.4. The molecule has 2 aromatic rings. The topological polar surface area (TPSA) is 99.4 Å². The third-order valence-corrected chi connectivity index (χ3v) is 6.09. The minimum absolute atomic E-state index is 0.207. The first-order chi connectivity index (χ1) is 13.4. The fraction of sp³-hybridized carbons (Fsp3) is 0.400. The Morgan fingerprint density at radius 2 is 1.86 bits per heavy atom. The highest BCUT2D eigenvalue weighted by atomic mass is 35.5. The number of aliphatic hydroxyl groups excluding tert-OH is 4. The van der Waals surface area contributed by atoms with Crippen molar-refractivity contribution in [2.24, 2.45) is 0 Å². The fourth-order valence-corrected chi connectivity index (χ4v) is 4.44. The van der Waals surface area contributed by atoms with Crippen molar-refractivity contribution in [3.63, 3.8) is 0 Å². The molecule has 1 fully saturated rings. The second-order valence-corrected chi connectivity index (χ2v) is 8.20. The quantitative estimate of drug-likeness (QED) is 0.525. The molecule has 0 radical (unpaired) electrons. The molecule has 1 aliphatic rings. The van der Waals surface area contributed by atoms with Gasteiger partial charge in [0, 0.05) is 4.88 Å². The molecule has 1 aliphatic heterocycles. The monoisotopic (exact) mass is 424 g/mol. The molecule has 28 heavy (non-hydrogen) atoms. The Kier molecular flexibility index (Phi) is 6.96. The SMILES string of the molecule is C#CCOc1ccc(Cc2cc([C@@H]3O[C@H](CO)[C@@H](O)C(O)[C@H]3O)sc2Cl)cc1. The van der Waals surface area contributed by atoms with Crippen molar-refractivity contribution < 1.29 is 29.9 Å². The predicted molar refractivity (Wildman–Crippen MR) is 106 cm³/mol. The van der Waals surface area contributed by atoms with Gasteiger partial charge in [-0.1, -0.05) is 29.7 Å².